The highest BCUT2D eigenvalue weighted by molar-refractivity contribution is 8.18. The quantitative estimate of drug-likeness (QED) is 0.425. The fraction of sp³-hybridized carbons (Fsp3) is 0.217. The predicted octanol–water partition coefficient (Wildman–Crippen LogP) is 4.58. The third-order valence-corrected chi connectivity index (χ3v) is 5.55. The van der Waals surface area contributed by atoms with Crippen LogP contribution in [0, 0.1) is 0 Å². The summed E-state index contributed by atoms with van der Waals surface area (Å²) in [6, 6.07) is 15.9. The number of imide groups is 1. The number of nitrogens with zero attached hydrogens (tertiary/aromatic N) is 1. The van der Waals surface area contributed by atoms with Gasteiger partial charge in [0.1, 0.15) is 12.4 Å². The number of hydrogen-bond donors (Lipinski definition) is 1. The first-order valence-electron chi connectivity index (χ1n) is 9.76. The lowest BCUT2D eigenvalue weighted by molar-refractivity contribution is -0.115. The SMILES string of the molecule is CCOCCn1cc(/C=C2/SC(=O)NC2=O)c2cc(OCc3ccccc3)ccc21. The molecular formula is C23H22N2O4S. The van der Waals surface area contributed by atoms with Crippen LogP contribution in [0.5, 0.6) is 5.75 Å². The number of carbonyl (C=O) groups excluding carboxylic acids is 2. The van der Waals surface area contributed by atoms with Crippen LogP contribution in [0.25, 0.3) is 17.0 Å². The molecule has 0 radical (unpaired) electrons. The van der Waals surface area contributed by atoms with Crippen molar-refractivity contribution in [3.05, 3.63) is 70.8 Å². The lowest BCUT2D eigenvalue weighted by Gasteiger charge is -2.08. The van der Waals surface area contributed by atoms with Crippen LogP contribution in [0.15, 0.2) is 59.6 Å². The maximum absolute atomic E-state index is 12.0. The molecule has 1 saturated heterocycles. The van der Waals surface area contributed by atoms with Gasteiger partial charge in [0.15, 0.2) is 0 Å². The first-order chi connectivity index (χ1) is 14.6. The number of carbonyl (C=O) groups is 2. The van der Waals surface area contributed by atoms with E-state index in [1.807, 2.05) is 61.7 Å². The number of rotatable bonds is 8. The fourth-order valence-corrected chi connectivity index (χ4v) is 3.98. The van der Waals surface area contributed by atoms with E-state index in [4.69, 9.17) is 9.47 Å². The summed E-state index contributed by atoms with van der Waals surface area (Å²) < 4.78 is 13.6. The zero-order chi connectivity index (χ0) is 20.9. The molecule has 1 aromatic heterocycles. The maximum Gasteiger partial charge on any atom is 0.290 e. The molecule has 0 unspecified atom stereocenters. The summed E-state index contributed by atoms with van der Waals surface area (Å²) in [4.78, 5) is 23.9. The third kappa shape index (κ3) is 4.58. The van der Waals surface area contributed by atoms with E-state index in [1.54, 1.807) is 6.08 Å². The molecule has 0 saturated carbocycles. The van der Waals surface area contributed by atoms with E-state index in [-0.39, 0.29) is 11.1 Å². The van der Waals surface area contributed by atoms with E-state index < -0.39 is 0 Å². The number of nitrogens with one attached hydrogen (secondary N) is 1. The van der Waals surface area contributed by atoms with Gasteiger partial charge in [-0.3, -0.25) is 14.9 Å². The summed E-state index contributed by atoms with van der Waals surface area (Å²) in [6.07, 6.45) is 3.74. The second-order valence-electron chi connectivity index (χ2n) is 6.78. The topological polar surface area (TPSA) is 69.6 Å². The van der Waals surface area contributed by atoms with Crippen LogP contribution in [0.2, 0.25) is 0 Å². The van der Waals surface area contributed by atoms with Crippen LogP contribution in [0.3, 0.4) is 0 Å². The van der Waals surface area contributed by atoms with E-state index in [0.717, 1.165) is 39.5 Å². The number of aromatic nitrogens is 1. The third-order valence-electron chi connectivity index (χ3n) is 4.74. The summed E-state index contributed by atoms with van der Waals surface area (Å²) >= 11 is 0.916. The molecule has 154 valence electrons. The van der Waals surface area contributed by atoms with Crippen LogP contribution in [0.4, 0.5) is 4.79 Å². The zero-order valence-corrected chi connectivity index (χ0v) is 17.4. The first-order valence-corrected chi connectivity index (χ1v) is 10.6. The molecule has 2 aromatic carbocycles. The van der Waals surface area contributed by atoms with Crippen molar-refractivity contribution in [3.63, 3.8) is 0 Å². The molecule has 4 rings (SSSR count). The molecule has 3 aromatic rings. The normalized spacial score (nSPS) is 15.2. The number of ether oxygens (including phenoxy) is 2. The Kier molecular flexibility index (Phi) is 6.21. The number of thioether (sulfide) groups is 1. The number of benzene rings is 2. The molecule has 1 aliphatic rings. The van der Waals surface area contributed by atoms with Crippen molar-refractivity contribution in [1.82, 2.24) is 9.88 Å². The minimum Gasteiger partial charge on any atom is -0.489 e. The number of hydrogen-bond acceptors (Lipinski definition) is 5. The molecular weight excluding hydrogens is 400 g/mol. The van der Waals surface area contributed by atoms with Gasteiger partial charge >= 0.3 is 0 Å². The van der Waals surface area contributed by atoms with Crippen LogP contribution >= 0.6 is 11.8 Å². The van der Waals surface area contributed by atoms with Crippen LogP contribution in [0.1, 0.15) is 18.1 Å². The van der Waals surface area contributed by atoms with Gasteiger partial charge in [0.2, 0.25) is 0 Å². The van der Waals surface area contributed by atoms with Crippen LogP contribution < -0.4 is 10.1 Å². The molecule has 30 heavy (non-hydrogen) atoms. The van der Waals surface area contributed by atoms with Gasteiger partial charge in [-0.15, -0.1) is 0 Å². The molecule has 2 heterocycles. The number of fused-ring (bicyclic) bond motifs is 1. The van der Waals surface area contributed by atoms with Crippen molar-refractivity contribution in [2.75, 3.05) is 13.2 Å². The highest BCUT2D eigenvalue weighted by Crippen LogP contribution is 2.32. The molecule has 0 aliphatic carbocycles. The Balaban J connectivity index is 1.66. The Morgan fingerprint density at radius 3 is 2.70 bits per heavy atom. The minimum absolute atomic E-state index is 0.349. The molecule has 2 amide bonds. The second-order valence-corrected chi connectivity index (χ2v) is 7.79. The average molecular weight is 423 g/mol. The average Bonchev–Trinajstić information content (AvgIpc) is 3.26. The fourth-order valence-electron chi connectivity index (χ4n) is 3.30. The van der Waals surface area contributed by atoms with Gasteiger partial charge in [-0.2, -0.15) is 0 Å². The van der Waals surface area contributed by atoms with E-state index in [9.17, 15) is 9.59 Å². The molecule has 0 bridgehead atoms. The Morgan fingerprint density at radius 2 is 1.97 bits per heavy atom. The van der Waals surface area contributed by atoms with Crippen LogP contribution in [-0.2, 0) is 22.7 Å². The van der Waals surface area contributed by atoms with E-state index in [1.165, 1.54) is 0 Å². The van der Waals surface area contributed by atoms with Gasteiger partial charge in [0.05, 0.1) is 11.5 Å². The van der Waals surface area contributed by atoms with Crippen LogP contribution in [-0.4, -0.2) is 28.9 Å². The van der Waals surface area contributed by atoms with Gasteiger partial charge < -0.3 is 14.0 Å². The van der Waals surface area contributed by atoms with Gasteiger partial charge in [-0.25, -0.2) is 0 Å². The summed E-state index contributed by atoms with van der Waals surface area (Å²) in [6.45, 7) is 4.38. The first kappa shape index (κ1) is 20.3. The minimum atomic E-state index is -0.364. The summed E-state index contributed by atoms with van der Waals surface area (Å²) in [5, 5.41) is 2.91. The molecule has 0 atom stereocenters. The Morgan fingerprint density at radius 1 is 1.13 bits per heavy atom. The second kappa shape index (κ2) is 9.19. The lowest BCUT2D eigenvalue weighted by atomic mass is 10.1. The molecule has 1 fully saturated rings. The number of amides is 2. The maximum atomic E-state index is 12.0. The molecule has 6 nitrogen and oxygen atoms in total. The molecule has 1 N–H and O–H groups in total. The van der Waals surface area contributed by atoms with Gasteiger partial charge in [-0.05, 0) is 48.5 Å². The molecule has 7 heteroatoms. The summed E-state index contributed by atoms with van der Waals surface area (Å²) in [7, 11) is 0. The Hall–Kier alpha value is -3.03. The standard InChI is InChI=1S/C23H22N2O4S/c1-2-28-11-10-25-14-17(12-21-22(26)24-23(27)30-21)19-13-18(8-9-20(19)25)29-15-16-6-4-3-5-7-16/h3-9,12-14H,2,10-11,15H2,1H3,(H,24,26,27)/b21-12+. The van der Waals surface area contributed by atoms with Gasteiger partial charge in [0, 0.05) is 35.8 Å². The summed E-state index contributed by atoms with van der Waals surface area (Å²) in [5.74, 6) is 0.380. The monoisotopic (exact) mass is 422 g/mol. The Labute approximate surface area is 178 Å². The molecule has 0 spiro atoms. The highest BCUT2D eigenvalue weighted by atomic mass is 32.2. The van der Waals surface area contributed by atoms with Crippen molar-refractivity contribution in [1.29, 1.82) is 0 Å². The van der Waals surface area contributed by atoms with E-state index >= 15 is 0 Å². The van der Waals surface area contributed by atoms with Gasteiger partial charge in [-0.1, -0.05) is 30.3 Å². The zero-order valence-electron chi connectivity index (χ0n) is 16.6. The lowest BCUT2D eigenvalue weighted by Crippen LogP contribution is -2.17. The molecule has 1 aliphatic heterocycles. The van der Waals surface area contributed by atoms with Crippen molar-refractivity contribution in [2.45, 2.75) is 20.1 Å². The predicted molar refractivity (Wildman–Crippen MR) is 118 cm³/mol. The summed E-state index contributed by atoms with van der Waals surface area (Å²) in [5.41, 5.74) is 2.97. The van der Waals surface area contributed by atoms with Crippen molar-refractivity contribution < 1.29 is 19.1 Å². The Bertz CT molecular complexity index is 1110. The highest BCUT2D eigenvalue weighted by Gasteiger charge is 2.25. The van der Waals surface area contributed by atoms with Crippen molar-refractivity contribution in [3.8, 4) is 5.75 Å². The van der Waals surface area contributed by atoms with Crippen molar-refractivity contribution >= 4 is 39.9 Å². The van der Waals surface area contributed by atoms with E-state index in [2.05, 4.69) is 9.88 Å². The van der Waals surface area contributed by atoms with Gasteiger partial charge in [0.25, 0.3) is 11.1 Å². The van der Waals surface area contributed by atoms with Crippen molar-refractivity contribution in [2.24, 2.45) is 0 Å². The van der Waals surface area contributed by atoms with E-state index in [0.29, 0.717) is 31.3 Å². The smallest absolute Gasteiger partial charge is 0.290 e. The largest absolute Gasteiger partial charge is 0.489 e.